The first-order chi connectivity index (χ1) is 7.72. The van der Waals surface area contributed by atoms with E-state index in [1.165, 1.54) is 14.2 Å². The molecule has 0 fully saturated rings. The standard InChI is InChI=1S/C11H13NO4/c1-12-10-6-4-5-7(14-2)9(15-3)8(6)11(13)16-10/h4-5,10,12H,1-3H3/t10-/m0/s1. The molecule has 0 radical (unpaired) electrons. The van der Waals surface area contributed by atoms with E-state index in [0.717, 1.165) is 5.56 Å². The minimum atomic E-state index is -0.415. The molecule has 0 aromatic heterocycles. The average Bonchev–Trinajstić information content (AvgIpc) is 2.65. The molecule has 5 heteroatoms. The lowest BCUT2D eigenvalue weighted by molar-refractivity contribution is 0.0326. The number of esters is 1. The lowest BCUT2D eigenvalue weighted by atomic mass is 10.1. The predicted molar refractivity (Wildman–Crippen MR) is 56.8 cm³/mol. The summed E-state index contributed by atoms with van der Waals surface area (Å²) in [6.07, 6.45) is -0.415. The van der Waals surface area contributed by atoms with Gasteiger partial charge in [0, 0.05) is 5.56 Å². The quantitative estimate of drug-likeness (QED) is 0.777. The van der Waals surface area contributed by atoms with Gasteiger partial charge in [-0.1, -0.05) is 0 Å². The van der Waals surface area contributed by atoms with Crippen LogP contribution in [-0.2, 0) is 4.74 Å². The molecule has 0 amide bonds. The smallest absolute Gasteiger partial charge is 0.344 e. The number of carbonyl (C=O) groups is 1. The second kappa shape index (κ2) is 4.02. The topological polar surface area (TPSA) is 56.8 Å². The Kier molecular flexibility index (Phi) is 2.70. The number of ether oxygens (including phenoxy) is 3. The van der Waals surface area contributed by atoms with Gasteiger partial charge in [-0.2, -0.15) is 0 Å². The fourth-order valence-corrected chi connectivity index (χ4v) is 1.82. The Bertz CT molecular complexity index is 430. The van der Waals surface area contributed by atoms with Gasteiger partial charge in [0.25, 0.3) is 0 Å². The molecule has 16 heavy (non-hydrogen) atoms. The average molecular weight is 223 g/mol. The minimum absolute atomic E-state index is 0.398. The van der Waals surface area contributed by atoms with Crippen molar-refractivity contribution in [2.45, 2.75) is 6.23 Å². The number of fused-ring (bicyclic) bond motifs is 1. The molecule has 5 nitrogen and oxygen atoms in total. The molecular weight excluding hydrogens is 210 g/mol. The van der Waals surface area contributed by atoms with Gasteiger partial charge in [0.2, 0.25) is 0 Å². The SMILES string of the molecule is CN[C@H]1OC(=O)c2c1ccc(OC)c2OC. The number of methoxy groups -OCH3 is 2. The van der Waals surface area contributed by atoms with E-state index in [-0.39, 0.29) is 0 Å². The summed E-state index contributed by atoms with van der Waals surface area (Å²) in [5.41, 5.74) is 1.20. The molecule has 0 aliphatic carbocycles. The van der Waals surface area contributed by atoms with Crippen molar-refractivity contribution in [3.8, 4) is 11.5 Å². The van der Waals surface area contributed by atoms with Gasteiger partial charge in [-0.3, -0.25) is 5.32 Å². The van der Waals surface area contributed by atoms with Gasteiger partial charge < -0.3 is 14.2 Å². The number of benzene rings is 1. The van der Waals surface area contributed by atoms with Crippen molar-refractivity contribution in [3.05, 3.63) is 23.3 Å². The maximum absolute atomic E-state index is 11.7. The zero-order valence-electron chi connectivity index (χ0n) is 9.37. The third kappa shape index (κ3) is 1.40. The van der Waals surface area contributed by atoms with Gasteiger partial charge in [0.15, 0.2) is 17.7 Å². The summed E-state index contributed by atoms with van der Waals surface area (Å²) in [5, 5.41) is 2.90. The lowest BCUT2D eigenvalue weighted by Crippen LogP contribution is -2.15. The van der Waals surface area contributed by atoms with Crippen LogP contribution in [0, 0.1) is 0 Å². The Hall–Kier alpha value is -1.75. The van der Waals surface area contributed by atoms with Crippen molar-refractivity contribution < 1.29 is 19.0 Å². The molecule has 1 N–H and O–H groups in total. The van der Waals surface area contributed by atoms with Crippen molar-refractivity contribution in [3.63, 3.8) is 0 Å². The molecule has 0 saturated carbocycles. The van der Waals surface area contributed by atoms with Crippen LogP contribution >= 0.6 is 0 Å². The highest BCUT2D eigenvalue weighted by Gasteiger charge is 2.34. The normalized spacial score (nSPS) is 17.9. The van der Waals surface area contributed by atoms with E-state index in [2.05, 4.69) is 5.32 Å². The van der Waals surface area contributed by atoms with Crippen LogP contribution < -0.4 is 14.8 Å². The second-order valence-electron chi connectivity index (χ2n) is 3.34. The van der Waals surface area contributed by atoms with Crippen LogP contribution in [0.5, 0.6) is 11.5 Å². The van der Waals surface area contributed by atoms with Gasteiger partial charge in [0.05, 0.1) is 14.2 Å². The largest absolute Gasteiger partial charge is 0.493 e. The molecule has 1 aromatic rings. The van der Waals surface area contributed by atoms with Crippen LogP contribution in [0.25, 0.3) is 0 Å². The number of hydrogen-bond acceptors (Lipinski definition) is 5. The molecule has 1 aromatic carbocycles. The summed E-state index contributed by atoms with van der Waals surface area (Å²) in [6.45, 7) is 0. The summed E-state index contributed by atoms with van der Waals surface area (Å²) in [4.78, 5) is 11.7. The summed E-state index contributed by atoms with van der Waals surface area (Å²) in [6, 6.07) is 3.55. The third-order valence-corrected chi connectivity index (χ3v) is 2.55. The van der Waals surface area contributed by atoms with Gasteiger partial charge >= 0.3 is 5.97 Å². The number of carbonyl (C=O) groups excluding carboxylic acids is 1. The van der Waals surface area contributed by atoms with E-state index >= 15 is 0 Å². The Balaban J connectivity index is 2.60. The molecule has 0 spiro atoms. The molecular formula is C11H13NO4. The van der Waals surface area contributed by atoms with Crippen LogP contribution in [0.4, 0.5) is 0 Å². The monoisotopic (exact) mass is 223 g/mol. The second-order valence-corrected chi connectivity index (χ2v) is 3.34. The molecule has 1 heterocycles. The van der Waals surface area contributed by atoms with Gasteiger partial charge in [0.1, 0.15) is 5.56 Å². The summed E-state index contributed by atoms with van der Waals surface area (Å²) < 4.78 is 15.5. The molecule has 0 saturated heterocycles. The van der Waals surface area contributed by atoms with E-state index in [1.807, 2.05) is 0 Å². The van der Waals surface area contributed by atoms with Gasteiger partial charge in [-0.25, -0.2) is 4.79 Å². The number of cyclic esters (lactones) is 1. The fraction of sp³-hybridized carbons (Fsp3) is 0.364. The Morgan fingerprint density at radius 3 is 2.62 bits per heavy atom. The highest BCUT2D eigenvalue weighted by molar-refractivity contribution is 5.98. The zero-order valence-corrected chi connectivity index (χ0v) is 9.37. The van der Waals surface area contributed by atoms with Crippen molar-refractivity contribution >= 4 is 5.97 Å². The molecule has 1 aliphatic rings. The zero-order chi connectivity index (χ0) is 11.7. The molecule has 0 unspecified atom stereocenters. The van der Waals surface area contributed by atoms with Crippen LogP contribution in [-0.4, -0.2) is 27.2 Å². The van der Waals surface area contributed by atoms with Crippen molar-refractivity contribution in [2.24, 2.45) is 0 Å². The van der Waals surface area contributed by atoms with Crippen LogP contribution in [0.15, 0.2) is 12.1 Å². The Morgan fingerprint density at radius 2 is 2.06 bits per heavy atom. The predicted octanol–water partition coefficient (Wildman–Crippen LogP) is 1.09. The Morgan fingerprint density at radius 1 is 1.31 bits per heavy atom. The summed E-state index contributed by atoms with van der Waals surface area (Å²) in [7, 11) is 4.75. The van der Waals surface area contributed by atoms with Gasteiger partial charge in [-0.05, 0) is 19.2 Å². The fourth-order valence-electron chi connectivity index (χ4n) is 1.82. The van der Waals surface area contributed by atoms with E-state index in [1.54, 1.807) is 19.2 Å². The molecule has 0 bridgehead atoms. The summed E-state index contributed by atoms with van der Waals surface area (Å²) in [5.74, 6) is 0.544. The van der Waals surface area contributed by atoms with Crippen molar-refractivity contribution in [1.82, 2.24) is 5.32 Å². The first kappa shape index (κ1) is 10.8. The van der Waals surface area contributed by atoms with Gasteiger partial charge in [-0.15, -0.1) is 0 Å². The maximum atomic E-state index is 11.7. The maximum Gasteiger partial charge on any atom is 0.344 e. The molecule has 1 atom stereocenters. The van der Waals surface area contributed by atoms with Crippen LogP contribution in [0.1, 0.15) is 22.1 Å². The lowest BCUT2D eigenvalue weighted by Gasteiger charge is -2.11. The Labute approximate surface area is 93.3 Å². The van der Waals surface area contributed by atoms with E-state index in [0.29, 0.717) is 17.1 Å². The van der Waals surface area contributed by atoms with E-state index in [4.69, 9.17) is 14.2 Å². The minimum Gasteiger partial charge on any atom is -0.493 e. The molecule has 1 aliphatic heterocycles. The highest BCUT2D eigenvalue weighted by atomic mass is 16.6. The first-order valence-corrected chi connectivity index (χ1v) is 4.86. The molecule has 86 valence electrons. The van der Waals surface area contributed by atoms with Crippen molar-refractivity contribution in [2.75, 3.05) is 21.3 Å². The van der Waals surface area contributed by atoms with Crippen LogP contribution in [0.2, 0.25) is 0 Å². The summed E-state index contributed by atoms with van der Waals surface area (Å²) >= 11 is 0. The van der Waals surface area contributed by atoms with E-state index in [9.17, 15) is 4.79 Å². The first-order valence-electron chi connectivity index (χ1n) is 4.86. The highest BCUT2D eigenvalue weighted by Crippen LogP contribution is 2.40. The molecule has 2 rings (SSSR count). The van der Waals surface area contributed by atoms with Crippen molar-refractivity contribution in [1.29, 1.82) is 0 Å². The third-order valence-electron chi connectivity index (χ3n) is 2.55. The number of hydrogen-bond donors (Lipinski definition) is 1. The van der Waals surface area contributed by atoms with E-state index < -0.39 is 12.2 Å². The number of rotatable bonds is 3. The number of nitrogens with one attached hydrogen (secondary N) is 1. The van der Waals surface area contributed by atoms with Crippen LogP contribution in [0.3, 0.4) is 0 Å².